The van der Waals surface area contributed by atoms with Crippen molar-refractivity contribution in [1.29, 1.82) is 0 Å². The SMILES string of the molecule is CCCCCCCCc1c(CCCC)cc(C=C(CC)[N+](CC)=Nc2cc(-c3ccccc3)c(CCCCCCCC)c(-c3ccccc3)c2)cc1CCCC. The maximum absolute atomic E-state index is 5.49. The topological polar surface area (TPSA) is 15.4 Å². The van der Waals surface area contributed by atoms with Crippen molar-refractivity contribution in [3.05, 3.63) is 118 Å². The molecular formula is C54H77N2+. The van der Waals surface area contributed by atoms with Crippen LogP contribution in [0.4, 0.5) is 5.69 Å². The van der Waals surface area contributed by atoms with Crippen LogP contribution in [0.25, 0.3) is 28.3 Å². The molecule has 0 atom stereocenters. The van der Waals surface area contributed by atoms with Gasteiger partial charge in [0.2, 0.25) is 5.70 Å². The summed E-state index contributed by atoms with van der Waals surface area (Å²) in [4.78, 5) is 0. The van der Waals surface area contributed by atoms with E-state index >= 15 is 0 Å². The summed E-state index contributed by atoms with van der Waals surface area (Å²) in [5.74, 6) is 0. The van der Waals surface area contributed by atoms with Crippen molar-refractivity contribution >= 4 is 11.8 Å². The number of aryl methyl sites for hydroxylation is 2. The summed E-state index contributed by atoms with van der Waals surface area (Å²) in [7, 11) is 0. The first-order valence-corrected chi connectivity index (χ1v) is 23.2. The van der Waals surface area contributed by atoms with Gasteiger partial charge in [-0.15, -0.1) is 0 Å². The number of unbranched alkanes of at least 4 members (excludes halogenated alkanes) is 12. The molecule has 0 saturated carbocycles. The lowest BCUT2D eigenvalue weighted by atomic mass is 9.88. The van der Waals surface area contributed by atoms with Gasteiger partial charge in [0, 0.05) is 12.5 Å². The highest BCUT2D eigenvalue weighted by Crippen LogP contribution is 2.38. The second-order valence-corrected chi connectivity index (χ2v) is 16.1. The van der Waals surface area contributed by atoms with Crippen molar-refractivity contribution in [1.82, 2.24) is 0 Å². The molecule has 2 nitrogen and oxygen atoms in total. The molecule has 4 aromatic carbocycles. The molecule has 0 heterocycles. The van der Waals surface area contributed by atoms with Gasteiger partial charge in [-0.25, -0.2) is 0 Å². The van der Waals surface area contributed by atoms with E-state index in [0.717, 1.165) is 25.1 Å². The summed E-state index contributed by atoms with van der Waals surface area (Å²) < 4.78 is 2.27. The van der Waals surface area contributed by atoms with E-state index in [-0.39, 0.29) is 0 Å². The zero-order valence-corrected chi connectivity index (χ0v) is 36.6. The Bertz CT molecular complexity index is 1660. The monoisotopic (exact) mass is 754 g/mol. The van der Waals surface area contributed by atoms with E-state index in [0.29, 0.717) is 0 Å². The molecule has 302 valence electrons. The molecule has 4 aromatic rings. The molecule has 0 aromatic heterocycles. The normalized spacial score (nSPS) is 12.1. The second-order valence-electron chi connectivity index (χ2n) is 16.1. The van der Waals surface area contributed by atoms with Crippen molar-refractivity contribution in [2.45, 2.75) is 176 Å². The molecule has 0 unspecified atom stereocenters. The molecule has 56 heavy (non-hydrogen) atoms. The Morgan fingerprint density at radius 1 is 0.482 bits per heavy atom. The number of hydrogen-bond donors (Lipinski definition) is 0. The third-order valence-corrected chi connectivity index (χ3v) is 11.6. The third kappa shape index (κ3) is 14.3. The molecular weight excluding hydrogens is 677 g/mol. The van der Waals surface area contributed by atoms with Gasteiger partial charge in [-0.1, -0.05) is 189 Å². The number of azo groups is 2. The molecule has 4 rings (SSSR count). The van der Waals surface area contributed by atoms with Gasteiger partial charge >= 0.3 is 0 Å². The van der Waals surface area contributed by atoms with Gasteiger partial charge < -0.3 is 0 Å². The Morgan fingerprint density at radius 2 is 0.929 bits per heavy atom. The Kier molecular flexibility index (Phi) is 21.0. The molecule has 2 heteroatoms. The van der Waals surface area contributed by atoms with Crippen LogP contribution in [0.15, 0.2) is 95.7 Å². The number of allylic oxidation sites excluding steroid dienone is 1. The summed E-state index contributed by atoms with van der Waals surface area (Å²) in [6, 6.07) is 31.9. The maximum atomic E-state index is 5.49. The fraction of sp³-hybridized carbons (Fsp3) is 0.519. The lowest BCUT2D eigenvalue weighted by molar-refractivity contribution is -0.539. The second kappa shape index (κ2) is 26.2. The summed E-state index contributed by atoms with van der Waals surface area (Å²) in [5, 5.41) is 5.49. The highest BCUT2D eigenvalue weighted by Gasteiger charge is 2.19. The van der Waals surface area contributed by atoms with E-state index in [2.05, 4.69) is 137 Å². The number of nitrogens with zero attached hydrogens (tertiary/aromatic N) is 2. The highest BCUT2D eigenvalue weighted by molar-refractivity contribution is 5.82. The van der Waals surface area contributed by atoms with Crippen LogP contribution in [0.5, 0.6) is 0 Å². The van der Waals surface area contributed by atoms with Gasteiger partial charge in [0.25, 0.3) is 0 Å². The first-order valence-electron chi connectivity index (χ1n) is 23.2. The summed E-state index contributed by atoms with van der Waals surface area (Å²) in [6.07, 6.45) is 28.9. The third-order valence-electron chi connectivity index (χ3n) is 11.6. The first kappa shape index (κ1) is 44.9. The van der Waals surface area contributed by atoms with Gasteiger partial charge in [-0.2, -0.15) is 0 Å². The Balaban J connectivity index is 1.78. The van der Waals surface area contributed by atoms with E-state index in [9.17, 15) is 0 Å². The lowest BCUT2D eigenvalue weighted by Gasteiger charge is -2.17. The van der Waals surface area contributed by atoms with Crippen LogP contribution in [-0.2, 0) is 25.7 Å². The molecule has 0 radical (unpaired) electrons. The quantitative estimate of drug-likeness (QED) is 0.0327. The fourth-order valence-electron chi connectivity index (χ4n) is 8.34. The van der Waals surface area contributed by atoms with Crippen molar-refractivity contribution in [3.8, 4) is 22.3 Å². The van der Waals surface area contributed by atoms with Crippen LogP contribution in [0, 0.1) is 0 Å². The summed E-state index contributed by atoms with van der Waals surface area (Å²) >= 11 is 0. The number of benzene rings is 4. The van der Waals surface area contributed by atoms with Crippen molar-refractivity contribution in [3.63, 3.8) is 0 Å². The van der Waals surface area contributed by atoms with E-state index in [1.165, 1.54) is 161 Å². The largest absolute Gasteiger partial charge is 0.208 e. The standard InChI is InChI=1S/C54H77N2/c1-7-13-17-19-21-29-37-51-47(31-15-9-3)39-44(40-48(51)32-16-10-4)41-50(11-5)56(12-6)55-49-42-53(45-33-25-23-26-34-45)52(38-30-22-20-18-14-8-2)54(43-49)46-35-27-24-28-36-46/h23-28,33-36,39-43H,7-22,29-32,37-38H2,1-6H3/q+1. The first-order chi connectivity index (χ1) is 27.6. The lowest BCUT2D eigenvalue weighted by Crippen LogP contribution is -2.08. The van der Waals surface area contributed by atoms with Crippen molar-refractivity contribution in [2.75, 3.05) is 6.54 Å². The van der Waals surface area contributed by atoms with Gasteiger partial charge in [-0.3, -0.25) is 0 Å². The summed E-state index contributed by atoms with van der Waals surface area (Å²) in [6.45, 7) is 14.6. The van der Waals surface area contributed by atoms with E-state index < -0.39 is 0 Å². The van der Waals surface area contributed by atoms with Gasteiger partial charge in [-0.05, 0) is 126 Å². The van der Waals surface area contributed by atoms with Crippen molar-refractivity contribution in [2.24, 2.45) is 5.11 Å². The fourth-order valence-corrected chi connectivity index (χ4v) is 8.34. The maximum Gasteiger partial charge on any atom is 0.208 e. The van der Waals surface area contributed by atoms with Gasteiger partial charge in [0.15, 0.2) is 6.54 Å². The molecule has 0 bridgehead atoms. The minimum atomic E-state index is 0.821. The average Bonchev–Trinajstić information content (AvgIpc) is 3.24. The molecule has 0 aliphatic rings. The molecule has 0 spiro atoms. The zero-order valence-electron chi connectivity index (χ0n) is 36.6. The minimum Gasteiger partial charge on any atom is -0.0882 e. The molecule has 0 fully saturated rings. The number of hydrogen-bond acceptors (Lipinski definition) is 1. The van der Waals surface area contributed by atoms with Gasteiger partial charge in [0.1, 0.15) is 5.69 Å². The van der Waals surface area contributed by atoms with Crippen LogP contribution in [0.3, 0.4) is 0 Å². The van der Waals surface area contributed by atoms with Crippen LogP contribution < -0.4 is 0 Å². The van der Waals surface area contributed by atoms with E-state index in [4.69, 9.17) is 5.11 Å². The van der Waals surface area contributed by atoms with Crippen LogP contribution in [-0.4, -0.2) is 11.2 Å². The minimum absolute atomic E-state index is 0.821. The van der Waals surface area contributed by atoms with Crippen LogP contribution >= 0.6 is 0 Å². The Labute approximate surface area is 344 Å². The molecule has 0 aliphatic heterocycles. The smallest absolute Gasteiger partial charge is 0.0882 e. The average molecular weight is 754 g/mol. The highest BCUT2D eigenvalue weighted by atomic mass is 15.3. The number of rotatable bonds is 27. The molecule has 0 amide bonds. The van der Waals surface area contributed by atoms with Crippen molar-refractivity contribution < 1.29 is 4.70 Å². The molecule has 0 saturated heterocycles. The molecule has 0 N–H and O–H groups in total. The van der Waals surface area contributed by atoms with E-state index in [1.807, 2.05) is 0 Å². The van der Waals surface area contributed by atoms with E-state index in [1.54, 1.807) is 16.7 Å². The van der Waals surface area contributed by atoms with Gasteiger partial charge in [0.05, 0.1) is 0 Å². The predicted octanol–water partition coefficient (Wildman–Crippen LogP) is 17.1. The zero-order chi connectivity index (χ0) is 39.8. The Morgan fingerprint density at radius 3 is 1.38 bits per heavy atom. The Hall–Kier alpha value is -3.78. The van der Waals surface area contributed by atoms with Crippen LogP contribution in [0.1, 0.15) is 179 Å². The van der Waals surface area contributed by atoms with Crippen LogP contribution in [0.2, 0.25) is 0 Å². The predicted molar refractivity (Wildman–Crippen MR) is 246 cm³/mol. The summed E-state index contributed by atoms with van der Waals surface area (Å²) in [5.41, 5.74) is 15.1. The molecule has 0 aliphatic carbocycles.